The van der Waals surface area contributed by atoms with Gasteiger partial charge in [-0.2, -0.15) is 4.98 Å². The van der Waals surface area contributed by atoms with E-state index >= 15 is 0 Å². The number of likely N-dealkylation sites (tertiary alicyclic amines) is 1. The summed E-state index contributed by atoms with van der Waals surface area (Å²) < 4.78 is 5.37. The standard InChI is InChI=1S/C15H26N4O2/c1-5-16-14(20)12-6-8-19(9-7-12)11(4)15-17-13(10(2)3)18-21-15/h10-12H,5-9H2,1-4H3,(H,16,20). The maximum atomic E-state index is 11.9. The quantitative estimate of drug-likeness (QED) is 0.900. The van der Waals surface area contributed by atoms with Crippen molar-refractivity contribution in [3.63, 3.8) is 0 Å². The molecule has 6 heteroatoms. The summed E-state index contributed by atoms with van der Waals surface area (Å²) in [5.41, 5.74) is 0. The van der Waals surface area contributed by atoms with Crippen molar-refractivity contribution in [3.05, 3.63) is 11.7 Å². The van der Waals surface area contributed by atoms with E-state index in [1.54, 1.807) is 0 Å². The molecule has 0 saturated carbocycles. The van der Waals surface area contributed by atoms with E-state index in [1.807, 2.05) is 6.92 Å². The fourth-order valence-corrected chi connectivity index (χ4v) is 2.68. The van der Waals surface area contributed by atoms with Gasteiger partial charge in [0.2, 0.25) is 11.8 Å². The van der Waals surface area contributed by atoms with Gasteiger partial charge in [-0.05, 0) is 39.8 Å². The molecule has 0 aromatic carbocycles. The first-order valence-corrected chi connectivity index (χ1v) is 7.88. The first-order chi connectivity index (χ1) is 10.0. The van der Waals surface area contributed by atoms with E-state index in [4.69, 9.17) is 4.52 Å². The maximum Gasteiger partial charge on any atom is 0.243 e. The molecule has 0 spiro atoms. The van der Waals surface area contributed by atoms with Crippen molar-refractivity contribution in [1.82, 2.24) is 20.4 Å². The highest BCUT2D eigenvalue weighted by molar-refractivity contribution is 5.78. The molecule has 118 valence electrons. The Morgan fingerprint density at radius 3 is 2.57 bits per heavy atom. The Balaban J connectivity index is 1.90. The average molecular weight is 294 g/mol. The third-order valence-corrected chi connectivity index (χ3v) is 4.13. The smallest absolute Gasteiger partial charge is 0.243 e. The second-order valence-corrected chi connectivity index (χ2v) is 6.03. The fourth-order valence-electron chi connectivity index (χ4n) is 2.68. The van der Waals surface area contributed by atoms with Gasteiger partial charge in [0.05, 0.1) is 6.04 Å². The van der Waals surface area contributed by atoms with E-state index < -0.39 is 0 Å². The summed E-state index contributed by atoms with van der Waals surface area (Å²) in [6.07, 6.45) is 1.78. The van der Waals surface area contributed by atoms with Gasteiger partial charge in [-0.3, -0.25) is 9.69 Å². The van der Waals surface area contributed by atoms with Gasteiger partial charge in [-0.15, -0.1) is 0 Å². The van der Waals surface area contributed by atoms with E-state index in [2.05, 4.69) is 41.1 Å². The highest BCUT2D eigenvalue weighted by Gasteiger charge is 2.29. The van der Waals surface area contributed by atoms with Crippen molar-refractivity contribution >= 4 is 5.91 Å². The number of aromatic nitrogens is 2. The molecule has 21 heavy (non-hydrogen) atoms. The molecule has 2 rings (SSSR count). The molecule has 0 aliphatic carbocycles. The molecule has 1 aromatic heterocycles. The maximum absolute atomic E-state index is 11.9. The van der Waals surface area contributed by atoms with Gasteiger partial charge in [0, 0.05) is 18.4 Å². The average Bonchev–Trinajstić information content (AvgIpc) is 2.97. The molecule has 1 saturated heterocycles. The highest BCUT2D eigenvalue weighted by Crippen LogP contribution is 2.26. The zero-order valence-electron chi connectivity index (χ0n) is 13.4. The van der Waals surface area contributed by atoms with Crippen LogP contribution in [0.15, 0.2) is 4.52 Å². The highest BCUT2D eigenvalue weighted by atomic mass is 16.5. The van der Waals surface area contributed by atoms with Crippen LogP contribution in [0, 0.1) is 5.92 Å². The summed E-state index contributed by atoms with van der Waals surface area (Å²) in [6.45, 7) is 10.6. The third kappa shape index (κ3) is 3.81. The summed E-state index contributed by atoms with van der Waals surface area (Å²) in [7, 11) is 0. The number of carbonyl (C=O) groups is 1. The Labute approximate surface area is 126 Å². The van der Waals surface area contributed by atoms with Crippen LogP contribution in [0.2, 0.25) is 0 Å². The van der Waals surface area contributed by atoms with Gasteiger partial charge in [-0.25, -0.2) is 0 Å². The van der Waals surface area contributed by atoms with Crippen molar-refractivity contribution in [3.8, 4) is 0 Å². The molecule has 2 heterocycles. The Morgan fingerprint density at radius 1 is 1.38 bits per heavy atom. The van der Waals surface area contributed by atoms with Crippen molar-refractivity contribution in [2.45, 2.75) is 52.5 Å². The number of rotatable bonds is 5. The summed E-state index contributed by atoms with van der Waals surface area (Å²) in [4.78, 5) is 18.6. The van der Waals surface area contributed by atoms with Gasteiger partial charge in [0.15, 0.2) is 5.82 Å². The van der Waals surface area contributed by atoms with Crippen LogP contribution in [0.5, 0.6) is 0 Å². The number of amides is 1. The minimum absolute atomic E-state index is 0.111. The molecule has 1 atom stereocenters. The van der Waals surface area contributed by atoms with Crippen molar-refractivity contribution in [2.75, 3.05) is 19.6 Å². The van der Waals surface area contributed by atoms with Crippen LogP contribution in [0.1, 0.15) is 64.2 Å². The number of carbonyl (C=O) groups excluding carboxylic acids is 1. The predicted octanol–water partition coefficient (Wildman–Crippen LogP) is 2.10. The molecule has 1 unspecified atom stereocenters. The molecular formula is C15H26N4O2. The number of hydrogen-bond donors (Lipinski definition) is 1. The lowest BCUT2D eigenvalue weighted by molar-refractivity contribution is -0.126. The van der Waals surface area contributed by atoms with E-state index in [1.165, 1.54) is 0 Å². The SMILES string of the molecule is CCNC(=O)C1CCN(C(C)c2nc(C(C)C)no2)CC1. The molecule has 1 aliphatic rings. The molecule has 1 aliphatic heterocycles. The largest absolute Gasteiger partial charge is 0.356 e. The van der Waals surface area contributed by atoms with Gasteiger partial charge in [0.1, 0.15) is 0 Å². The molecule has 0 bridgehead atoms. The van der Waals surface area contributed by atoms with Crippen LogP contribution in [0.3, 0.4) is 0 Å². The summed E-state index contributed by atoms with van der Waals surface area (Å²) in [5, 5.41) is 6.93. The number of nitrogens with one attached hydrogen (secondary N) is 1. The van der Waals surface area contributed by atoms with Gasteiger partial charge >= 0.3 is 0 Å². The summed E-state index contributed by atoms with van der Waals surface area (Å²) in [6, 6.07) is 0.111. The van der Waals surface area contributed by atoms with E-state index in [0.717, 1.165) is 31.8 Å². The lowest BCUT2D eigenvalue weighted by Gasteiger charge is -2.33. The Kier molecular flexibility index (Phi) is 5.33. The second-order valence-electron chi connectivity index (χ2n) is 6.03. The molecule has 1 aromatic rings. The third-order valence-electron chi connectivity index (χ3n) is 4.13. The first kappa shape index (κ1) is 15.9. The van der Waals surface area contributed by atoms with Gasteiger partial charge < -0.3 is 9.84 Å². The van der Waals surface area contributed by atoms with Crippen LogP contribution >= 0.6 is 0 Å². The fraction of sp³-hybridized carbons (Fsp3) is 0.800. The number of nitrogens with zero attached hydrogens (tertiary/aromatic N) is 3. The Bertz CT molecular complexity index is 464. The summed E-state index contributed by atoms with van der Waals surface area (Å²) >= 11 is 0. The molecule has 0 radical (unpaired) electrons. The van der Waals surface area contributed by atoms with Crippen molar-refractivity contribution < 1.29 is 9.32 Å². The monoisotopic (exact) mass is 294 g/mol. The molecular weight excluding hydrogens is 268 g/mol. The van der Waals surface area contributed by atoms with Crippen LogP contribution in [-0.4, -0.2) is 40.6 Å². The van der Waals surface area contributed by atoms with Crippen LogP contribution in [0.4, 0.5) is 0 Å². The molecule has 6 nitrogen and oxygen atoms in total. The number of hydrogen-bond acceptors (Lipinski definition) is 5. The predicted molar refractivity (Wildman–Crippen MR) is 79.8 cm³/mol. The second kappa shape index (κ2) is 7.02. The van der Waals surface area contributed by atoms with Crippen LogP contribution in [-0.2, 0) is 4.79 Å². The normalized spacial score (nSPS) is 18.9. The van der Waals surface area contributed by atoms with Crippen molar-refractivity contribution in [1.29, 1.82) is 0 Å². The minimum Gasteiger partial charge on any atom is -0.356 e. The van der Waals surface area contributed by atoms with Crippen LogP contribution in [0.25, 0.3) is 0 Å². The first-order valence-electron chi connectivity index (χ1n) is 7.88. The van der Waals surface area contributed by atoms with Crippen molar-refractivity contribution in [2.24, 2.45) is 5.92 Å². The Hall–Kier alpha value is -1.43. The summed E-state index contributed by atoms with van der Waals surface area (Å²) in [5.74, 6) is 2.04. The lowest BCUT2D eigenvalue weighted by Crippen LogP contribution is -2.41. The molecule has 1 N–H and O–H groups in total. The van der Waals surface area contributed by atoms with E-state index in [0.29, 0.717) is 12.4 Å². The zero-order valence-corrected chi connectivity index (χ0v) is 13.4. The van der Waals surface area contributed by atoms with Crippen LogP contribution < -0.4 is 5.32 Å². The van der Waals surface area contributed by atoms with Gasteiger partial charge in [-0.1, -0.05) is 19.0 Å². The topological polar surface area (TPSA) is 71.3 Å². The zero-order chi connectivity index (χ0) is 15.4. The van der Waals surface area contributed by atoms with Gasteiger partial charge in [0.25, 0.3) is 0 Å². The Morgan fingerprint density at radius 2 is 2.05 bits per heavy atom. The molecule has 1 amide bonds. The molecule has 1 fully saturated rings. The van der Waals surface area contributed by atoms with E-state index in [9.17, 15) is 4.79 Å². The number of piperidine rings is 1. The minimum atomic E-state index is 0.111. The van der Waals surface area contributed by atoms with E-state index in [-0.39, 0.29) is 23.8 Å². The lowest BCUT2D eigenvalue weighted by atomic mass is 9.95.